The monoisotopic (exact) mass is 278 g/mol. The van der Waals surface area contributed by atoms with Gasteiger partial charge >= 0.3 is 0 Å². The normalized spacial score (nSPS) is 14.6. The quantitative estimate of drug-likeness (QED) is 0.908. The maximum Gasteiger partial charge on any atom is 0.123 e. The first kappa shape index (κ1) is 14.2. The van der Waals surface area contributed by atoms with Gasteiger partial charge < -0.3 is 5.73 Å². The molecule has 2 rings (SSSR count). The predicted octanol–water partition coefficient (Wildman–Crippen LogP) is 3.41. The fraction of sp³-hybridized carbons (Fsp3) is 0.333. The van der Waals surface area contributed by atoms with Crippen LogP contribution in [0.3, 0.4) is 0 Å². The van der Waals surface area contributed by atoms with Crippen LogP contribution in [0.25, 0.3) is 0 Å². The summed E-state index contributed by atoms with van der Waals surface area (Å²) in [7, 11) is 2.02. The van der Waals surface area contributed by atoms with E-state index in [4.69, 9.17) is 5.73 Å². The average Bonchev–Trinajstić information content (AvgIpc) is 2.81. The molecule has 0 aliphatic carbocycles. The molecule has 1 aromatic heterocycles. The van der Waals surface area contributed by atoms with Crippen molar-refractivity contribution in [3.05, 3.63) is 58.0 Å². The van der Waals surface area contributed by atoms with Crippen LogP contribution < -0.4 is 5.73 Å². The minimum Gasteiger partial charge on any atom is -0.326 e. The zero-order chi connectivity index (χ0) is 13.8. The van der Waals surface area contributed by atoms with Crippen molar-refractivity contribution in [2.75, 3.05) is 7.05 Å². The summed E-state index contributed by atoms with van der Waals surface area (Å²) in [5.41, 5.74) is 8.27. The summed E-state index contributed by atoms with van der Waals surface area (Å²) in [6.07, 6.45) is 0. The van der Waals surface area contributed by atoms with Crippen molar-refractivity contribution in [3.8, 4) is 0 Å². The van der Waals surface area contributed by atoms with E-state index in [-0.39, 0.29) is 17.9 Å². The molecular formula is C15H19FN2S. The zero-order valence-corrected chi connectivity index (χ0v) is 12.0. The Morgan fingerprint density at radius 1 is 1.37 bits per heavy atom. The first-order valence-electron chi connectivity index (χ1n) is 6.30. The number of hydrogen-bond acceptors (Lipinski definition) is 3. The molecule has 0 aliphatic rings. The lowest BCUT2D eigenvalue weighted by atomic mass is 9.99. The molecule has 2 atom stereocenters. The number of hydrogen-bond donors (Lipinski definition) is 1. The van der Waals surface area contributed by atoms with Crippen LogP contribution in [0.15, 0.2) is 41.1 Å². The van der Waals surface area contributed by atoms with Crippen molar-refractivity contribution in [2.24, 2.45) is 5.73 Å². The number of nitrogens with two attached hydrogens (primary N) is 1. The maximum atomic E-state index is 13.4. The molecule has 0 fully saturated rings. The number of likely N-dealkylation sites (N-methyl/N-ethyl adjacent to an activating group) is 1. The molecule has 0 radical (unpaired) electrons. The molecule has 0 bridgehead atoms. The lowest BCUT2D eigenvalue weighted by molar-refractivity contribution is 0.211. The fourth-order valence-electron chi connectivity index (χ4n) is 2.42. The molecule has 0 amide bonds. The van der Waals surface area contributed by atoms with Gasteiger partial charge in [0.15, 0.2) is 0 Å². The Kier molecular flexibility index (Phi) is 4.69. The van der Waals surface area contributed by atoms with Crippen molar-refractivity contribution in [1.29, 1.82) is 0 Å². The third kappa shape index (κ3) is 3.62. The van der Waals surface area contributed by atoms with Gasteiger partial charge in [0.1, 0.15) is 5.82 Å². The Bertz CT molecular complexity index is 511. The maximum absolute atomic E-state index is 13.4. The van der Waals surface area contributed by atoms with Crippen LogP contribution in [0.1, 0.15) is 24.1 Å². The number of nitrogens with zero attached hydrogens (tertiary/aromatic N) is 1. The Hall–Kier alpha value is -1.23. The summed E-state index contributed by atoms with van der Waals surface area (Å²) in [6, 6.07) is 8.74. The summed E-state index contributed by atoms with van der Waals surface area (Å²) >= 11 is 1.68. The Labute approximate surface area is 117 Å². The largest absolute Gasteiger partial charge is 0.326 e. The Morgan fingerprint density at radius 2 is 2.16 bits per heavy atom. The van der Waals surface area contributed by atoms with Gasteiger partial charge in [0.05, 0.1) is 0 Å². The first-order valence-corrected chi connectivity index (χ1v) is 7.24. The summed E-state index contributed by atoms with van der Waals surface area (Å²) in [5, 5.41) is 4.19. The summed E-state index contributed by atoms with van der Waals surface area (Å²) in [5.74, 6) is -0.216. The van der Waals surface area contributed by atoms with Crippen LogP contribution in [0.2, 0.25) is 0 Å². The highest BCUT2D eigenvalue weighted by atomic mass is 32.1. The van der Waals surface area contributed by atoms with Gasteiger partial charge in [-0.2, -0.15) is 11.3 Å². The molecule has 0 aliphatic heterocycles. The van der Waals surface area contributed by atoms with Crippen LogP contribution >= 0.6 is 11.3 Å². The van der Waals surface area contributed by atoms with E-state index in [0.717, 1.165) is 12.1 Å². The minimum absolute atomic E-state index is 0.00981. The van der Waals surface area contributed by atoms with E-state index in [1.54, 1.807) is 23.5 Å². The van der Waals surface area contributed by atoms with Crippen LogP contribution in [0.5, 0.6) is 0 Å². The molecule has 2 nitrogen and oxygen atoms in total. The highest BCUT2D eigenvalue weighted by Crippen LogP contribution is 2.25. The van der Waals surface area contributed by atoms with Crippen molar-refractivity contribution < 1.29 is 4.39 Å². The second-order valence-corrected chi connectivity index (χ2v) is 5.69. The van der Waals surface area contributed by atoms with Crippen molar-refractivity contribution in [3.63, 3.8) is 0 Å². The van der Waals surface area contributed by atoms with Gasteiger partial charge in [-0.3, -0.25) is 4.90 Å². The molecule has 0 spiro atoms. The van der Waals surface area contributed by atoms with Gasteiger partial charge in [-0.05, 0) is 54.1 Å². The van der Waals surface area contributed by atoms with Crippen LogP contribution in [0, 0.1) is 5.82 Å². The minimum atomic E-state index is -0.216. The molecule has 1 heterocycles. The third-order valence-electron chi connectivity index (χ3n) is 3.18. The highest BCUT2D eigenvalue weighted by molar-refractivity contribution is 7.07. The number of rotatable bonds is 5. The molecule has 2 unspecified atom stereocenters. The van der Waals surface area contributed by atoms with Gasteiger partial charge in [0.2, 0.25) is 0 Å². The standard InChI is InChI=1S/C15H19FN2S/c1-11(17)15(13-4-3-5-14(16)8-13)18(2)9-12-6-7-19-10-12/h3-8,10-11,15H,9,17H2,1-2H3. The molecule has 2 N–H and O–H groups in total. The molecule has 4 heteroatoms. The van der Waals surface area contributed by atoms with E-state index >= 15 is 0 Å². The molecule has 0 saturated heterocycles. The van der Waals surface area contributed by atoms with E-state index in [1.165, 1.54) is 11.6 Å². The Morgan fingerprint density at radius 3 is 2.74 bits per heavy atom. The number of benzene rings is 1. The van der Waals surface area contributed by atoms with Crippen LogP contribution in [-0.4, -0.2) is 18.0 Å². The third-order valence-corrected chi connectivity index (χ3v) is 3.91. The topological polar surface area (TPSA) is 29.3 Å². The zero-order valence-electron chi connectivity index (χ0n) is 11.2. The van der Waals surface area contributed by atoms with Crippen molar-refractivity contribution in [1.82, 2.24) is 4.90 Å². The summed E-state index contributed by atoms with van der Waals surface area (Å²) in [6.45, 7) is 2.77. The highest BCUT2D eigenvalue weighted by Gasteiger charge is 2.21. The van der Waals surface area contributed by atoms with Crippen LogP contribution in [0.4, 0.5) is 4.39 Å². The van der Waals surface area contributed by atoms with Gasteiger partial charge in [0, 0.05) is 18.6 Å². The fourth-order valence-corrected chi connectivity index (χ4v) is 3.08. The second-order valence-electron chi connectivity index (χ2n) is 4.91. The Balaban J connectivity index is 2.20. The number of halogens is 1. The van der Waals surface area contributed by atoms with Crippen molar-refractivity contribution in [2.45, 2.75) is 25.6 Å². The lowest BCUT2D eigenvalue weighted by Crippen LogP contribution is -2.36. The molecule has 0 saturated carbocycles. The van der Waals surface area contributed by atoms with E-state index in [2.05, 4.69) is 21.7 Å². The molecule has 19 heavy (non-hydrogen) atoms. The van der Waals surface area contributed by atoms with Crippen LogP contribution in [-0.2, 0) is 6.54 Å². The molecule has 2 aromatic rings. The van der Waals surface area contributed by atoms with Gasteiger partial charge in [0.25, 0.3) is 0 Å². The van der Waals surface area contributed by atoms with Gasteiger partial charge in [-0.15, -0.1) is 0 Å². The summed E-state index contributed by atoms with van der Waals surface area (Å²) < 4.78 is 13.4. The molecular weight excluding hydrogens is 259 g/mol. The SMILES string of the molecule is CC(N)C(c1cccc(F)c1)N(C)Cc1ccsc1. The first-order chi connectivity index (χ1) is 9.08. The van der Waals surface area contributed by atoms with Gasteiger partial charge in [-0.25, -0.2) is 4.39 Å². The summed E-state index contributed by atoms with van der Waals surface area (Å²) in [4.78, 5) is 2.17. The molecule has 1 aromatic carbocycles. The van der Waals surface area contributed by atoms with E-state index in [0.29, 0.717) is 0 Å². The smallest absolute Gasteiger partial charge is 0.123 e. The van der Waals surface area contributed by atoms with E-state index in [9.17, 15) is 4.39 Å². The lowest BCUT2D eigenvalue weighted by Gasteiger charge is -2.31. The number of thiophene rings is 1. The predicted molar refractivity (Wildman–Crippen MR) is 78.6 cm³/mol. The van der Waals surface area contributed by atoms with E-state index < -0.39 is 0 Å². The van der Waals surface area contributed by atoms with Crippen molar-refractivity contribution >= 4 is 11.3 Å². The van der Waals surface area contributed by atoms with E-state index in [1.807, 2.05) is 20.0 Å². The molecule has 102 valence electrons. The average molecular weight is 278 g/mol. The second kappa shape index (κ2) is 6.28. The van der Waals surface area contributed by atoms with Gasteiger partial charge in [-0.1, -0.05) is 12.1 Å².